The normalized spacial score (nSPS) is 13.2. The first-order valence-electron chi connectivity index (χ1n) is 5.57. The Morgan fingerprint density at radius 3 is 2.38 bits per heavy atom. The Morgan fingerprint density at radius 1 is 1.15 bits per heavy atom. The fourth-order valence-corrected chi connectivity index (χ4v) is 1.56. The summed E-state index contributed by atoms with van der Waals surface area (Å²) < 4.78 is 5.05. The van der Waals surface area contributed by atoms with Gasteiger partial charge in [-0.25, -0.2) is 0 Å². The Kier molecular flexibility index (Phi) is 9.94. The minimum Gasteiger partial charge on any atom is -0.385 e. The standard InChI is InChI=1S/C11H25NO/c1-4-6-8-11(12-5-2)9-7-10-13-3/h11-12H,4-10H2,1-3H3. The molecule has 2 heteroatoms. The lowest BCUT2D eigenvalue weighted by Crippen LogP contribution is -2.29. The summed E-state index contributed by atoms with van der Waals surface area (Å²) in [6.45, 7) is 6.41. The smallest absolute Gasteiger partial charge is 0.0462 e. The zero-order valence-corrected chi connectivity index (χ0v) is 9.44. The second-order valence-electron chi connectivity index (χ2n) is 3.53. The van der Waals surface area contributed by atoms with Crippen LogP contribution in [0.1, 0.15) is 46.0 Å². The summed E-state index contributed by atoms with van der Waals surface area (Å²) in [4.78, 5) is 0. The van der Waals surface area contributed by atoms with Crippen molar-refractivity contribution in [2.24, 2.45) is 0 Å². The predicted octanol–water partition coefficient (Wildman–Crippen LogP) is 2.58. The molecule has 0 heterocycles. The maximum absolute atomic E-state index is 5.05. The summed E-state index contributed by atoms with van der Waals surface area (Å²) in [5, 5.41) is 3.52. The van der Waals surface area contributed by atoms with Crippen molar-refractivity contribution in [1.82, 2.24) is 5.32 Å². The summed E-state index contributed by atoms with van der Waals surface area (Å²) in [5.74, 6) is 0. The number of hydrogen-bond acceptors (Lipinski definition) is 2. The molecule has 0 aliphatic rings. The molecule has 1 unspecified atom stereocenters. The lowest BCUT2D eigenvalue weighted by Gasteiger charge is -2.16. The SMILES string of the molecule is CCCCC(CCCOC)NCC. The predicted molar refractivity (Wildman–Crippen MR) is 58.1 cm³/mol. The average molecular weight is 187 g/mol. The van der Waals surface area contributed by atoms with Gasteiger partial charge in [0.1, 0.15) is 0 Å². The van der Waals surface area contributed by atoms with Crippen LogP contribution in [0.15, 0.2) is 0 Å². The van der Waals surface area contributed by atoms with Gasteiger partial charge >= 0.3 is 0 Å². The molecule has 0 spiro atoms. The van der Waals surface area contributed by atoms with Gasteiger partial charge in [-0.05, 0) is 25.8 Å². The van der Waals surface area contributed by atoms with Crippen LogP contribution in [-0.2, 0) is 4.74 Å². The Bertz CT molecular complexity index is 96.1. The maximum atomic E-state index is 5.05. The van der Waals surface area contributed by atoms with Crippen LogP contribution in [0.5, 0.6) is 0 Å². The number of hydrogen-bond donors (Lipinski definition) is 1. The highest BCUT2D eigenvalue weighted by atomic mass is 16.5. The van der Waals surface area contributed by atoms with Crippen LogP contribution in [0.2, 0.25) is 0 Å². The molecule has 0 amide bonds. The van der Waals surface area contributed by atoms with Crippen LogP contribution >= 0.6 is 0 Å². The van der Waals surface area contributed by atoms with E-state index in [4.69, 9.17) is 4.74 Å². The molecule has 0 fully saturated rings. The van der Waals surface area contributed by atoms with Gasteiger partial charge in [0.2, 0.25) is 0 Å². The van der Waals surface area contributed by atoms with Gasteiger partial charge in [-0.2, -0.15) is 0 Å². The van der Waals surface area contributed by atoms with E-state index >= 15 is 0 Å². The third-order valence-corrected chi connectivity index (χ3v) is 2.30. The van der Waals surface area contributed by atoms with Gasteiger partial charge in [0.15, 0.2) is 0 Å². The van der Waals surface area contributed by atoms with E-state index in [1.165, 1.54) is 32.1 Å². The van der Waals surface area contributed by atoms with Gasteiger partial charge in [-0.1, -0.05) is 26.7 Å². The Labute approximate surface area is 83.1 Å². The quantitative estimate of drug-likeness (QED) is 0.560. The molecule has 0 aliphatic carbocycles. The molecule has 0 saturated heterocycles. The fraction of sp³-hybridized carbons (Fsp3) is 1.00. The van der Waals surface area contributed by atoms with E-state index in [1.54, 1.807) is 7.11 Å². The molecule has 13 heavy (non-hydrogen) atoms. The van der Waals surface area contributed by atoms with E-state index in [1.807, 2.05) is 0 Å². The highest BCUT2D eigenvalue weighted by Crippen LogP contribution is 2.06. The first kappa shape index (κ1) is 12.9. The second kappa shape index (κ2) is 10.0. The summed E-state index contributed by atoms with van der Waals surface area (Å²) in [7, 11) is 1.77. The van der Waals surface area contributed by atoms with Crippen molar-refractivity contribution in [3.63, 3.8) is 0 Å². The van der Waals surface area contributed by atoms with Crippen LogP contribution in [0, 0.1) is 0 Å². The van der Waals surface area contributed by atoms with Crippen LogP contribution in [-0.4, -0.2) is 26.3 Å². The molecular formula is C11H25NO. The lowest BCUT2D eigenvalue weighted by molar-refractivity contribution is 0.188. The van der Waals surface area contributed by atoms with Crippen molar-refractivity contribution in [1.29, 1.82) is 0 Å². The maximum Gasteiger partial charge on any atom is 0.0462 e. The molecule has 1 N–H and O–H groups in total. The molecule has 1 atom stereocenters. The molecule has 0 aromatic heterocycles. The van der Waals surface area contributed by atoms with Crippen molar-refractivity contribution in [3.8, 4) is 0 Å². The topological polar surface area (TPSA) is 21.3 Å². The average Bonchev–Trinajstić information content (AvgIpc) is 2.14. The van der Waals surface area contributed by atoms with Crippen molar-refractivity contribution in [3.05, 3.63) is 0 Å². The van der Waals surface area contributed by atoms with Crippen LogP contribution < -0.4 is 5.32 Å². The zero-order valence-electron chi connectivity index (χ0n) is 9.44. The van der Waals surface area contributed by atoms with E-state index < -0.39 is 0 Å². The van der Waals surface area contributed by atoms with Gasteiger partial charge in [0.25, 0.3) is 0 Å². The van der Waals surface area contributed by atoms with Crippen LogP contribution in [0.25, 0.3) is 0 Å². The largest absolute Gasteiger partial charge is 0.385 e. The highest BCUT2D eigenvalue weighted by Gasteiger charge is 2.05. The van der Waals surface area contributed by atoms with Gasteiger partial charge in [0, 0.05) is 19.8 Å². The number of nitrogens with one attached hydrogen (secondary N) is 1. The van der Waals surface area contributed by atoms with Gasteiger partial charge < -0.3 is 10.1 Å². The van der Waals surface area contributed by atoms with Crippen molar-refractivity contribution < 1.29 is 4.74 Å². The number of unbranched alkanes of at least 4 members (excludes halogenated alkanes) is 1. The monoisotopic (exact) mass is 187 g/mol. The molecular weight excluding hydrogens is 162 g/mol. The third-order valence-electron chi connectivity index (χ3n) is 2.30. The summed E-state index contributed by atoms with van der Waals surface area (Å²) in [6, 6.07) is 0.708. The van der Waals surface area contributed by atoms with Crippen LogP contribution in [0.3, 0.4) is 0 Å². The lowest BCUT2D eigenvalue weighted by atomic mass is 10.1. The number of rotatable bonds is 9. The Morgan fingerprint density at radius 2 is 1.85 bits per heavy atom. The number of methoxy groups -OCH3 is 1. The minimum absolute atomic E-state index is 0.708. The number of ether oxygens (including phenoxy) is 1. The molecule has 0 radical (unpaired) electrons. The molecule has 0 saturated carbocycles. The summed E-state index contributed by atoms with van der Waals surface area (Å²) in [6.07, 6.45) is 6.38. The molecule has 2 nitrogen and oxygen atoms in total. The van der Waals surface area contributed by atoms with E-state index in [-0.39, 0.29) is 0 Å². The van der Waals surface area contributed by atoms with Crippen molar-refractivity contribution >= 4 is 0 Å². The fourth-order valence-electron chi connectivity index (χ4n) is 1.56. The summed E-state index contributed by atoms with van der Waals surface area (Å²) >= 11 is 0. The van der Waals surface area contributed by atoms with Gasteiger partial charge in [0.05, 0.1) is 0 Å². The van der Waals surface area contributed by atoms with Gasteiger partial charge in [-0.15, -0.1) is 0 Å². The molecule has 0 rings (SSSR count). The molecule has 0 bridgehead atoms. The second-order valence-corrected chi connectivity index (χ2v) is 3.53. The van der Waals surface area contributed by atoms with E-state index in [9.17, 15) is 0 Å². The van der Waals surface area contributed by atoms with Gasteiger partial charge in [-0.3, -0.25) is 0 Å². The highest BCUT2D eigenvalue weighted by molar-refractivity contribution is 4.65. The Hall–Kier alpha value is -0.0800. The van der Waals surface area contributed by atoms with Crippen molar-refractivity contribution in [2.45, 2.75) is 52.0 Å². The molecule has 0 aromatic carbocycles. The molecule has 0 aromatic rings. The molecule has 0 aliphatic heterocycles. The van der Waals surface area contributed by atoms with E-state index in [0.717, 1.165) is 13.2 Å². The Balaban J connectivity index is 3.41. The first-order chi connectivity index (χ1) is 6.35. The first-order valence-corrected chi connectivity index (χ1v) is 5.57. The third kappa shape index (κ3) is 8.26. The summed E-state index contributed by atoms with van der Waals surface area (Å²) in [5.41, 5.74) is 0. The molecule has 80 valence electrons. The minimum atomic E-state index is 0.708. The zero-order chi connectivity index (χ0) is 9.94. The van der Waals surface area contributed by atoms with E-state index in [0.29, 0.717) is 6.04 Å². The van der Waals surface area contributed by atoms with Crippen LogP contribution in [0.4, 0.5) is 0 Å². The van der Waals surface area contributed by atoms with E-state index in [2.05, 4.69) is 19.2 Å². The van der Waals surface area contributed by atoms with Crippen molar-refractivity contribution in [2.75, 3.05) is 20.3 Å².